The molecule has 1 heterocycles. The summed E-state index contributed by atoms with van der Waals surface area (Å²) >= 11 is 0. The molecule has 1 N–H and O–H groups in total. The Labute approximate surface area is 226 Å². The van der Waals surface area contributed by atoms with E-state index in [0.717, 1.165) is 28.5 Å². The molecule has 202 valence electrons. The first kappa shape index (κ1) is 27.5. The largest absolute Gasteiger partial charge is 0.495 e. The van der Waals surface area contributed by atoms with Crippen LogP contribution in [0.2, 0.25) is 0 Å². The van der Waals surface area contributed by atoms with Gasteiger partial charge in [-0.15, -0.1) is 0 Å². The first-order valence-electron chi connectivity index (χ1n) is 13.1. The summed E-state index contributed by atoms with van der Waals surface area (Å²) in [7, 11) is -2.56. The molecular weight excluding hydrogens is 498 g/mol. The second-order valence-corrected chi connectivity index (χ2v) is 11.9. The number of hydrogen-bond donors (Lipinski definition) is 1. The van der Waals surface area contributed by atoms with Crippen LogP contribution in [0.1, 0.15) is 43.9 Å². The van der Waals surface area contributed by atoms with Crippen LogP contribution in [-0.2, 0) is 14.8 Å². The zero-order valence-electron chi connectivity index (χ0n) is 22.6. The lowest BCUT2D eigenvalue weighted by molar-refractivity contribution is -0.120. The molecule has 1 amide bonds. The van der Waals surface area contributed by atoms with Crippen molar-refractivity contribution in [2.45, 2.75) is 44.6 Å². The third-order valence-electron chi connectivity index (χ3n) is 7.04. The van der Waals surface area contributed by atoms with Crippen molar-refractivity contribution in [3.63, 3.8) is 0 Å². The number of nitrogens with one attached hydrogen (secondary N) is 1. The molecule has 8 heteroatoms. The van der Waals surface area contributed by atoms with E-state index in [4.69, 9.17) is 4.74 Å². The van der Waals surface area contributed by atoms with E-state index in [0.29, 0.717) is 17.4 Å². The molecule has 1 fully saturated rings. The maximum atomic E-state index is 13.7. The van der Waals surface area contributed by atoms with Crippen LogP contribution in [0.3, 0.4) is 0 Å². The summed E-state index contributed by atoms with van der Waals surface area (Å²) in [5.41, 5.74) is 3.39. The highest BCUT2D eigenvalue weighted by Crippen LogP contribution is 2.32. The van der Waals surface area contributed by atoms with Gasteiger partial charge in [0, 0.05) is 18.8 Å². The quantitative estimate of drug-likeness (QED) is 0.402. The normalized spacial score (nSPS) is 16.5. The van der Waals surface area contributed by atoms with Crippen LogP contribution in [0.4, 0.5) is 11.4 Å². The molecule has 38 heavy (non-hydrogen) atoms. The minimum absolute atomic E-state index is 0.109. The smallest absolute Gasteiger partial charge is 0.264 e. The fraction of sp³-hybridized carbons (Fsp3) is 0.367. The van der Waals surface area contributed by atoms with Gasteiger partial charge >= 0.3 is 0 Å². The second kappa shape index (κ2) is 11.9. The highest BCUT2D eigenvalue weighted by atomic mass is 32.2. The number of methoxy groups -OCH3 is 1. The zero-order valence-corrected chi connectivity index (χ0v) is 23.4. The fourth-order valence-electron chi connectivity index (χ4n) is 4.87. The average Bonchev–Trinajstić information content (AvgIpc) is 2.92. The molecule has 2 unspecified atom stereocenters. The van der Waals surface area contributed by atoms with E-state index in [2.05, 4.69) is 29.3 Å². The topological polar surface area (TPSA) is 79.0 Å². The lowest BCUT2D eigenvalue weighted by atomic mass is 9.99. The Hall–Kier alpha value is -3.52. The predicted molar refractivity (Wildman–Crippen MR) is 152 cm³/mol. The van der Waals surface area contributed by atoms with Crippen molar-refractivity contribution in [2.24, 2.45) is 5.92 Å². The number of nitrogens with zero attached hydrogens (tertiary/aromatic N) is 2. The number of rotatable bonds is 9. The number of carbonyl (C=O) groups is 1. The highest BCUT2D eigenvalue weighted by Gasteiger charge is 2.29. The number of hydrogen-bond acceptors (Lipinski definition) is 5. The summed E-state index contributed by atoms with van der Waals surface area (Å²) in [5.74, 6) is 0.642. The summed E-state index contributed by atoms with van der Waals surface area (Å²) < 4.78 is 33.9. The van der Waals surface area contributed by atoms with Crippen molar-refractivity contribution in [1.82, 2.24) is 5.32 Å². The molecule has 0 spiro atoms. The van der Waals surface area contributed by atoms with E-state index < -0.39 is 15.9 Å². The number of piperidine rings is 1. The van der Waals surface area contributed by atoms with Crippen molar-refractivity contribution in [2.75, 3.05) is 35.9 Å². The maximum absolute atomic E-state index is 13.7. The molecule has 7 nitrogen and oxygen atoms in total. The molecule has 0 saturated carbocycles. The van der Waals surface area contributed by atoms with Crippen LogP contribution in [0.5, 0.6) is 5.75 Å². The van der Waals surface area contributed by atoms with Gasteiger partial charge in [0.1, 0.15) is 12.3 Å². The molecule has 3 aromatic carbocycles. The lowest BCUT2D eigenvalue weighted by Gasteiger charge is -2.33. The van der Waals surface area contributed by atoms with Gasteiger partial charge in [0.15, 0.2) is 0 Å². The van der Waals surface area contributed by atoms with E-state index in [1.54, 1.807) is 48.5 Å². The van der Waals surface area contributed by atoms with Gasteiger partial charge in [-0.25, -0.2) is 8.42 Å². The Morgan fingerprint density at radius 1 is 1.08 bits per heavy atom. The van der Waals surface area contributed by atoms with Gasteiger partial charge in [-0.05, 0) is 74.6 Å². The summed E-state index contributed by atoms with van der Waals surface area (Å²) in [6.45, 7) is 7.81. The summed E-state index contributed by atoms with van der Waals surface area (Å²) in [6.07, 6.45) is 2.47. The van der Waals surface area contributed by atoms with E-state index in [1.165, 1.54) is 25.6 Å². The monoisotopic (exact) mass is 535 g/mol. The Morgan fingerprint density at radius 3 is 2.42 bits per heavy atom. The molecule has 0 aromatic heterocycles. The Balaban J connectivity index is 1.53. The molecule has 1 saturated heterocycles. The second-order valence-electron chi connectivity index (χ2n) is 10.1. The van der Waals surface area contributed by atoms with Crippen LogP contribution < -0.4 is 19.3 Å². The molecule has 1 aliphatic heterocycles. The van der Waals surface area contributed by atoms with Gasteiger partial charge in [0.2, 0.25) is 5.91 Å². The number of benzene rings is 3. The van der Waals surface area contributed by atoms with Crippen LogP contribution in [0.25, 0.3) is 0 Å². The van der Waals surface area contributed by atoms with Crippen molar-refractivity contribution in [1.29, 1.82) is 0 Å². The summed E-state index contributed by atoms with van der Waals surface area (Å²) in [5, 5.41) is 2.97. The number of aryl methyl sites for hydroxylation is 1. The number of ether oxygens (including phenoxy) is 1. The number of amides is 1. The van der Waals surface area contributed by atoms with Crippen LogP contribution in [-0.4, -0.2) is 41.1 Å². The van der Waals surface area contributed by atoms with Gasteiger partial charge in [-0.1, -0.05) is 48.9 Å². The Morgan fingerprint density at radius 2 is 1.76 bits per heavy atom. The number of carbonyl (C=O) groups excluding carboxylic acids is 1. The third-order valence-corrected chi connectivity index (χ3v) is 8.82. The van der Waals surface area contributed by atoms with Crippen molar-refractivity contribution in [3.8, 4) is 5.75 Å². The first-order chi connectivity index (χ1) is 18.2. The fourth-order valence-corrected chi connectivity index (χ4v) is 6.30. The molecule has 1 aliphatic rings. The maximum Gasteiger partial charge on any atom is 0.264 e. The minimum Gasteiger partial charge on any atom is -0.495 e. The highest BCUT2D eigenvalue weighted by molar-refractivity contribution is 7.92. The van der Waals surface area contributed by atoms with Crippen molar-refractivity contribution < 1.29 is 17.9 Å². The standard InChI is InChI=1S/C30H37N3O4S/c1-22-11-17-27(18-12-22)38(35,36)33(28-9-5-6-10-29(28)37-4)21-30(34)31-24(3)25-13-15-26(16-14-25)32-19-7-8-23(2)20-32/h5-6,9-18,23-24H,7-8,19-21H2,1-4H3,(H,31,34). The van der Waals surface area contributed by atoms with Gasteiger partial charge in [0.25, 0.3) is 10.0 Å². The van der Waals surface area contributed by atoms with E-state index in [-0.39, 0.29) is 17.5 Å². The van der Waals surface area contributed by atoms with Gasteiger partial charge in [-0.2, -0.15) is 0 Å². The SMILES string of the molecule is COc1ccccc1N(CC(=O)NC(C)c1ccc(N2CCCC(C)C2)cc1)S(=O)(=O)c1ccc(C)cc1. The number of anilines is 2. The van der Waals surface area contributed by atoms with Crippen LogP contribution in [0.15, 0.2) is 77.7 Å². The van der Waals surface area contributed by atoms with Gasteiger partial charge in [0.05, 0.1) is 23.7 Å². The zero-order chi connectivity index (χ0) is 27.3. The molecule has 3 aromatic rings. The minimum atomic E-state index is -4.03. The van der Waals surface area contributed by atoms with E-state index >= 15 is 0 Å². The molecule has 0 bridgehead atoms. The van der Waals surface area contributed by atoms with Gasteiger partial charge < -0.3 is 15.0 Å². The van der Waals surface area contributed by atoms with Crippen LogP contribution >= 0.6 is 0 Å². The molecule has 2 atom stereocenters. The molecular formula is C30H37N3O4S. The van der Waals surface area contributed by atoms with Crippen molar-refractivity contribution >= 4 is 27.3 Å². The molecule has 0 radical (unpaired) electrons. The van der Waals surface area contributed by atoms with E-state index in [9.17, 15) is 13.2 Å². The van der Waals surface area contributed by atoms with Crippen molar-refractivity contribution in [3.05, 3.63) is 83.9 Å². The first-order valence-corrected chi connectivity index (χ1v) is 14.5. The summed E-state index contributed by atoms with van der Waals surface area (Å²) in [4.78, 5) is 15.7. The predicted octanol–water partition coefficient (Wildman–Crippen LogP) is 5.31. The lowest BCUT2D eigenvalue weighted by Crippen LogP contribution is -2.41. The number of sulfonamides is 1. The van der Waals surface area contributed by atoms with Gasteiger partial charge in [-0.3, -0.25) is 9.10 Å². The molecule has 0 aliphatic carbocycles. The van der Waals surface area contributed by atoms with Crippen LogP contribution in [0, 0.1) is 12.8 Å². The summed E-state index contributed by atoms with van der Waals surface area (Å²) in [6, 6.07) is 21.3. The third kappa shape index (κ3) is 6.30. The number of para-hydroxylation sites is 2. The molecule has 4 rings (SSSR count). The van der Waals surface area contributed by atoms with E-state index in [1.807, 2.05) is 26.0 Å². The Bertz CT molecular complexity index is 1340. The Kier molecular flexibility index (Phi) is 8.62. The average molecular weight is 536 g/mol.